The van der Waals surface area contributed by atoms with Gasteiger partial charge in [0.25, 0.3) is 5.91 Å². The van der Waals surface area contributed by atoms with Crippen molar-refractivity contribution in [2.75, 3.05) is 13.1 Å². The zero-order chi connectivity index (χ0) is 13.1. The first-order valence-electron chi connectivity index (χ1n) is 6.71. The van der Waals surface area contributed by atoms with Crippen LogP contribution in [0.3, 0.4) is 0 Å². The summed E-state index contributed by atoms with van der Waals surface area (Å²) < 4.78 is 0. The molecule has 0 atom stereocenters. The van der Waals surface area contributed by atoms with Crippen LogP contribution in [0.1, 0.15) is 40.7 Å². The lowest BCUT2D eigenvalue weighted by atomic mass is 10.1. The number of nitrogens with two attached hydrogens (primary N) is 1. The van der Waals surface area contributed by atoms with E-state index in [0.717, 1.165) is 31.4 Å². The van der Waals surface area contributed by atoms with Crippen molar-refractivity contribution >= 4 is 5.91 Å². The van der Waals surface area contributed by atoms with Gasteiger partial charge in [-0.1, -0.05) is 6.07 Å². The summed E-state index contributed by atoms with van der Waals surface area (Å²) in [5.41, 5.74) is 8.75. The number of aryl methyl sites for hydroxylation is 2. The van der Waals surface area contributed by atoms with Crippen LogP contribution >= 0.6 is 0 Å². The number of rotatable bonds is 5. The highest BCUT2D eigenvalue weighted by Gasteiger charge is 2.32. The molecule has 0 radical (unpaired) electrons. The monoisotopic (exact) mass is 246 g/mol. The van der Waals surface area contributed by atoms with Gasteiger partial charge in [-0.3, -0.25) is 4.79 Å². The summed E-state index contributed by atoms with van der Waals surface area (Å²) in [6, 6.07) is 6.40. The Morgan fingerprint density at radius 3 is 2.61 bits per heavy atom. The third-order valence-electron chi connectivity index (χ3n) is 3.61. The summed E-state index contributed by atoms with van der Waals surface area (Å²) in [4.78, 5) is 14.5. The lowest BCUT2D eigenvalue weighted by Gasteiger charge is -2.22. The van der Waals surface area contributed by atoms with Crippen LogP contribution in [0.25, 0.3) is 0 Å². The predicted molar refractivity (Wildman–Crippen MR) is 73.6 cm³/mol. The summed E-state index contributed by atoms with van der Waals surface area (Å²) in [6.45, 7) is 5.54. The minimum Gasteiger partial charge on any atom is -0.336 e. The highest BCUT2D eigenvalue weighted by molar-refractivity contribution is 5.94. The maximum Gasteiger partial charge on any atom is 0.254 e. The number of amides is 1. The van der Waals surface area contributed by atoms with Crippen LogP contribution in [-0.4, -0.2) is 29.9 Å². The van der Waals surface area contributed by atoms with Gasteiger partial charge in [-0.25, -0.2) is 0 Å². The Kier molecular flexibility index (Phi) is 4.02. The Labute approximate surface area is 109 Å². The molecule has 1 aliphatic rings. The summed E-state index contributed by atoms with van der Waals surface area (Å²) in [7, 11) is 0. The van der Waals surface area contributed by atoms with Crippen LogP contribution < -0.4 is 5.73 Å². The predicted octanol–water partition coefficient (Wildman–Crippen LogP) is 2.26. The van der Waals surface area contributed by atoms with E-state index in [-0.39, 0.29) is 5.91 Å². The summed E-state index contributed by atoms with van der Waals surface area (Å²) in [5, 5.41) is 0. The van der Waals surface area contributed by atoms with E-state index in [4.69, 9.17) is 5.73 Å². The van der Waals surface area contributed by atoms with Crippen LogP contribution in [0.2, 0.25) is 0 Å². The highest BCUT2D eigenvalue weighted by Crippen LogP contribution is 2.28. The van der Waals surface area contributed by atoms with Gasteiger partial charge >= 0.3 is 0 Å². The molecule has 0 heterocycles. The lowest BCUT2D eigenvalue weighted by Crippen LogP contribution is -2.35. The molecule has 0 aromatic heterocycles. The average molecular weight is 246 g/mol. The second-order valence-electron chi connectivity index (χ2n) is 5.17. The second-order valence-corrected chi connectivity index (χ2v) is 5.17. The van der Waals surface area contributed by atoms with E-state index >= 15 is 0 Å². The number of carbonyl (C=O) groups is 1. The molecule has 1 amide bonds. The maximum atomic E-state index is 12.5. The number of hydrogen-bond donors (Lipinski definition) is 1. The van der Waals surface area contributed by atoms with E-state index in [2.05, 4.69) is 6.92 Å². The maximum absolute atomic E-state index is 12.5. The Bertz CT molecular complexity index is 438. The van der Waals surface area contributed by atoms with Gasteiger partial charge in [0.2, 0.25) is 0 Å². The molecule has 1 saturated carbocycles. The van der Waals surface area contributed by atoms with E-state index in [1.54, 1.807) is 0 Å². The van der Waals surface area contributed by atoms with Crippen molar-refractivity contribution in [2.24, 2.45) is 5.73 Å². The first kappa shape index (κ1) is 13.1. The quantitative estimate of drug-likeness (QED) is 0.866. The molecular formula is C15H22N2O. The first-order valence-corrected chi connectivity index (χ1v) is 6.71. The molecule has 0 aliphatic heterocycles. The van der Waals surface area contributed by atoms with Crippen molar-refractivity contribution in [3.05, 3.63) is 34.9 Å². The number of hydrogen-bond acceptors (Lipinski definition) is 2. The van der Waals surface area contributed by atoms with Gasteiger partial charge in [0.1, 0.15) is 0 Å². The zero-order valence-corrected chi connectivity index (χ0v) is 11.3. The molecule has 1 aromatic carbocycles. The van der Waals surface area contributed by atoms with E-state index in [1.165, 1.54) is 11.1 Å². The molecule has 1 aromatic rings. The van der Waals surface area contributed by atoms with E-state index in [1.807, 2.05) is 30.0 Å². The third kappa shape index (κ3) is 2.91. The van der Waals surface area contributed by atoms with Crippen molar-refractivity contribution in [1.29, 1.82) is 0 Å². The molecule has 0 bridgehead atoms. The molecule has 0 saturated heterocycles. The van der Waals surface area contributed by atoms with Gasteiger partial charge in [-0.05, 0) is 62.9 Å². The normalized spacial score (nSPS) is 14.6. The second kappa shape index (κ2) is 5.53. The van der Waals surface area contributed by atoms with Crippen LogP contribution in [0.5, 0.6) is 0 Å². The van der Waals surface area contributed by atoms with Gasteiger partial charge in [0, 0.05) is 18.2 Å². The Balaban J connectivity index is 2.13. The SMILES string of the molecule is Cc1ccc(C(=O)N(CCCN)C2CC2)cc1C. The topological polar surface area (TPSA) is 46.3 Å². The number of nitrogens with zero attached hydrogens (tertiary/aromatic N) is 1. The van der Waals surface area contributed by atoms with Crippen molar-refractivity contribution in [3.63, 3.8) is 0 Å². The summed E-state index contributed by atoms with van der Waals surface area (Å²) >= 11 is 0. The van der Waals surface area contributed by atoms with Crippen LogP contribution in [0.4, 0.5) is 0 Å². The van der Waals surface area contributed by atoms with Crippen LogP contribution in [-0.2, 0) is 0 Å². The van der Waals surface area contributed by atoms with Crippen LogP contribution in [0, 0.1) is 13.8 Å². The van der Waals surface area contributed by atoms with Crippen molar-refractivity contribution in [3.8, 4) is 0 Å². The largest absolute Gasteiger partial charge is 0.336 e. The van der Waals surface area contributed by atoms with Crippen molar-refractivity contribution in [1.82, 2.24) is 4.90 Å². The fraction of sp³-hybridized carbons (Fsp3) is 0.533. The van der Waals surface area contributed by atoms with Gasteiger partial charge < -0.3 is 10.6 Å². The first-order chi connectivity index (χ1) is 8.63. The smallest absolute Gasteiger partial charge is 0.254 e. The highest BCUT2D eigenvalue weighted by atomic mass is 16.2. The molecule has 1 fully saturated rings. The zero-order valence-electron chi connectivity index (χ0n) is 11.3. The van der Waals surface area contributed by atoms with Gasteiger partial charge in [0.05, 0.1) is 0 Å². The van der Waals surface area contributed by atoms with E-state index < -0.39 is 0 Å². The van der Waals surface area contributed by atoms with E-state index in [9.17, 15) is 4.79 Å². The molecule has 18 heavy (non-hydrogen) atoms. The molecule has 1 aliphatic carbocycles. The standard InChI is InChI=1S/C15H22N2O/c1-11-4-5-13(10-12(11)2)15(18)17(9-3-8-16)14-6-7-14/h4-5,10,14H,3,6-9,16H2,1-2H3. The Morgan fingerprint density at radius 2 is 2.06 bits per heavy atom. The molecule has 2 rings (SSSR count). The number of carbonyl (C=O) groups excluding carboxylic acids is 1. The molecule has 3 heteroatoms. The van der Waals surface area contributed by atoms with Crippen LogP contribution in [0.15, 0.2) is 18.2 Å². The van der Waals surface area contributed by atoms with Crippen molar-refractivity contribution < 1.29 is 4.79 Å². The summed E-state index contributed by atoms with van der Waals surface area (Å²) in [5.74, 6) is 0.161. The van der Waals surface area contributed by atoms with Gasteiger partial charge in [-0.15, -0.1) is 0 Å². The average Bonchev–Trinajstić information content (AvgIpc) is 3.17. The fourth-order valence-corrected chi connectivity index (χ4v) is 2.14. The molecule has 0 unspecified atom stereocenters. The lowest BCUT2D eigenvalue weighted by molar-refractivity contribution is 0.0742. The Morgan fingerprint density at radius 1 is 1.33 bits per heavy atom. The molecule has 2 N–H and O–H groups in total. The van der Waals surface area contributed by atoms with Gasteiger partial charge in [-0.2, -0.15) is 0 Å². The van der Waals surface area contributed by atoms with E-state index in [0.29, 0.717) is 12.6 Å². The van der Waals surface area contributed by atoms with Crippen molar-refractivity contribution in [2.45, 2.75) is 39.2 Å². The molecule has 0 spiro atoms. The minimum absolute atomic E-state index is 0.161. The fourth-order valence-electron chi connectivity index (χ4n) is 2.14. The molecular weight excluding hydrogens is 224 g/mol. The summed E-state index contributed by atoms with van der Waals surface area (Å²) in [6.07, 6.45) is 3.16. The number of benzene rings is 1. The molecule has 3 nitrogen and oxygen atoms in total. The Hall–Kier alpha value is -1.35. The minimum atomic E-state index is 0.161. The van der Waals surface area contributed by atoms with Gasteiger partial charge in [0.15, 0.2) is 0 Å². The molecule has 98 valence electrons. The third-order valence-corrected chi connectivity index (χ3v) is 3.61.